The monoisotopic (exact) mass is 364 g/mol. The molecule has 4 rings (SSSR count). The summed E-state index contributed by atoms with van der Waals surface area (Å²) in [6.07, 6.45) is 5.83. The number of hydrogen-bond acceptors (Lipinski definition) is 4. The number of carbonyl (C=O) groups is 1. The normalized spacial score (nSPS) is 17.0. The Labute approximate surface area is 158 Å². The minimum atomic E-state index is -0.0519. The molecule has 1 saturated heterocycles. The first-order valence-electron chi connectivity index (χ1n) is 9.38. The van der Waals surface area contributed by atoms with E-state index in [4.69, 9.17) is 0 Å². The first-order valence-corrected chi connectivity index (χ1v) is 9.38. The number of nitrogens with one attached hydrogen (secondary N) is 3. The first kappa shape index (κ1) is 17.5. The number of rotatable bonds is 6. The van der Waals surface area contributed by atoms with Gasteiger partial charge in [-0.15, -0.1) is 0 Å². The van der Waals surface area contributed by atoms with E-state index in [1.54, 1.807) is 12.4 Å². The third kappa shape index (κ3) is 4.09. The predicted octanol–water partition coefficient (Wildman–Crippen LogP) is 2.06. The van der Waals surface area contributed by atoms with E-state index in [2.05, 4.69) is 25.9 Å². The van der Waals surface area contributed by atoms with E-state index in [1.807, 2.05) is 41.1 Å². The van der Waals surface area contributed by atoms with Crippen molar-refractivity contribution in [3.8, 4) is 11.3 Å². The van der Waals surface area contributed by atoms with Crippen LogP contribution in [0.15, 0.2) is 48.8 Å². The molecule has 1 aliphatic heterocycles. The maximum absolute atomic E-state index is 12.5. The van der Waals surface area contributed by atoms with Gasteiger partial charge in [0.2, 0.25) is 5.91 Å². The Morgan fingerprint density at radius 2 is 2.15 bits per heavy atom. The number of aromatic amines is 1. The molecule has 0 saturated carbocycles. The summed E-state index contributed by atoms with van der Waals surface area (Å²) >= 11 is 0. The van der Waals surface area contributed by atoms with Crippen LogP contribution in [0.25, 0.3) is 11.3 Å². The average Bonchev–Trinajstić information content (AvgIpc) is 3.37. The Morgan fingerprint density at radius 1 is 1.26 bits per heavy atom. The molecule has 1 atom stereocenters. The average molecular weight is 364 g/mol. The third-order valence-electron chi connectivity index (χ3n) is 5.01. The molecule has 7 nitrogen and oxygen atoms in total. The van der Waals surface area contributed by atoms with Crippen molar-refractivity contribution in [1.82, 2.24) is 30.6 Å². The summed E-state index contributed by atoms with van der Waals surface area (Å²) in [6, 6.07) is 12.0. The van der Waals surface area contributed by atoms with Crippen molar-refractivity contribution in [1.29, 1.82) is 0 Å². The number of hydrogen-bond donors (Lipinski definition) is 3. The van der Waals surface area contributed by atoms with Crippen LogP contribution >= 0.6 is 0 Å². The highest BCUT2D eigenvalue weighted by Gasteiger charge is 2.20. The number of benzene rings is 1. The molecule has 1 aromatic carbocycles. The Balaban J connectivity index is 1.38. The van der Waals surface area contributed by atoms with Crippen LogP contribution in [-0.4, -0.2) is 39.0 Å². The zero-order valence-corrected chi connectivity index (χ0v) is 15.2. The minimum absolute atomic E-state index is 0.0519. The summed E-state index contributed by atoms with van der Waals surface area (Å²) in [5.41, 5.74) is 4.08. The fraction of sp³-hybridized carbons (Fsp3) is 0.350. The van der Waals surface area contributed by atoms with Gasteiger partial charge in [0.15, 0.2) is 0 Å². The second-order valence-electron chi connectivity index (χ2n) is 6.87. The van der Waals surface area contributed by atoms with Crippen LogP contribution in [0.2, 0.25) is 0 Å². The molecule has 7 heteroatoms. The predicted molar refractivity (Wildman–Crippen MR) is 103 cm³/mol. The van der Waals surface area contributed by atoms with Crippen LogP contribution in [0, 0.1) is 0 Å². The second kappa shape index (κ2) is 8.18. The molecule has 3 aromatic rings. The van der Waals surface area contributed by atoms with Gasteiger partial charge in [0.1, 0.15) is 6.54 Å². The van der Waals surface area contributed by atoms with Crippen LogP contribution in [0.5, 0.6) is 0 Å². The Kier molecular flexibility index (Phi) is 5.29. The van der Waals surface area contributed by atoms with Crippen molar-refractivity contribution in [2.75, 3.05) is 13.1 Å². The smallest absolute Gasteiger partial charge is 0.242 e. The lowest BCUT2D eigenvalue weighted by Crippen LogP contribution is -2.32. The van der Waals surface area contributed by atoms with E-state index in [1.165, 1.54) is 0 Å². The van der Waals surface area contributed by atoms with Gasteiger partial charge in [0.05, 0.1) is 11.9 Å². The molecule has 3 N–H and O–H groups in total. The molecule has 0 radical (unpaired) electrons. The molecule has 0 bridgehead atoms. The van der Waals surface area contributed by atoms with Gasteiger partial charge in [-0.25, -0.2) is 0 Å². The highest BCUT2D eigenvalue weighted by Crippen LogP contribution is 2.23. The molecule has 1 fully saturated rings. The number of piperidine rings is 1. The van der Waals surface area contributed by atoms with E-state index in [-0.39, 0.29) is 12.5 Å². The van der Waals surface area contributed by atoms with E-state index in [9.17, 15) is 4.79 Å². The van der Waals surface area contributed by atoms with Gasteiger partial charge in [0.25, 0.3) is 0 Å². The topological polar surface area (TPSA) is 87.6 Å². The quantitative estimate of drug-likeness (QED) is 0.625. The maximum atomic E-state index is 12.5. The molecule has 2 aromatic heterocycles. The lowest BCUT2D eigenvalue weighted by Gasteiger charge is -2.23. The molecule has 27 heavy (non-hydrogen) atoms. The largest absolute Gasteiger partial charge is 0.350 e. The van der Waals surface area contributed by atoms with Gasteiger partial charge >= 0.3 is 0 Å². The van der Waals surface area contributed by atoms with Gasteiger partial charge in [-0.3, -0.25) is 14.6 Å². The van der Waals surface area contributed by atoms with E-state index < -0.39 is 0 Å². The lowest BCUT2D eigenvalue weighted by molar-refractivity contribution is -0.122. The highest BCUT2D eigenvalue weighted by atomic mass is 16.2. The highest BCUT2D eigenvalue weighted by molar-refractivity contribution is 5.76. The molecule has 1 amide bonds. The lowest BCUT2D eigenvalue weighted by atomic mass is 9.96. The molecular weight excluding hydrogens is 340 g/mol. The summed E-state index contributed by atoms with van der Waals surface area (Å²) < 4.78 is 1.82. The van der Waals surface area contributed by atoms with Gasteiger partial charge in [-0.05, 0) is 31.0 Å². The van der Waals surface area contributed by atoms with E-state index >= 15 is 0 Å². The van der Waals surface area contributed by atoms with Crippen LogP contribution in [0.1, 0.15) is 30.0 Å². The van der Waals surface area contributed by atoms with Crippen molar-refractivity contribution in [3.05, 3.63) is 60.0 Å². The van der Waals surface area contributed by atoms with Gasteiger partial charge < -0.3 is 10.6 Å². The molecule has 1 unspecified atom stereocenters. The van der Waals surface area contributed by atoms with Crippen LogP contribution < -0.4 is 10.6 Å². The summed E-state index contributed by atoms with van der Waals surface area (Å²) in [4.78, 5) is 12.5. The zero-order chi connectivity index (χ0) is 18.5. The van der Waals surface area contributed by atoms with Gasteiger partial charge in [-0.1, -0.05) is 30.3 Å². The molecule has 1 aliphatic rings. The number of nitrogens with zero attached hydrogens (tertiary/aromatic N) is 3. The molecule has 0 spiro atoms. The summed E-state index contributed by atoms with van der Waals surface area (Å²) in [6.45, 7) is 2.68. The van der Waals surface area contributed by atoms with Crippen LogP contribution in [-0.2, 0) is 17.9 Å². The zero-order valence-electron chi connectivity index (χ0n) is 15.2. The van der Waals surface area contributed by atoms with Crippen LogP contribution in [0.3, 0.4) is 0 Å². The molecular formula is C20H24N6O. The number of amides is 1. The van der Waals surface area contributed by atoms with Gasteiger partial charge in [0, 0.05) is 36.5 Å². The van der Waals surface area contributed by atoms with Crippen molar-refractivity contribution in [3.63, 3.8) is 0 Å². The Morgan fingerprint density at radius 3 is 2.96 bits per heavy atom. The van der Waals surface area contributed by atoms with E-state index in [0.29, 0.717) is 12.5 Å². The van der Waals surface area contributed by atoms with Crippen molar-refractivity contribution in [2.45, 2.75) is 31.8 Å². The maximum Gasteiger partial charge on any atom is 0.242 e. The van der Waals surface area contributed by atoms with Crippen LogP contribution in [0.4, 0.5) is 0 Å². The molecule has 140 valence electrons. The van der Waals surface area contributed by atoms with Crippen molar-refractivity contribution >= 4 is 5.91 Å². The summed E-state index contributed by atoms with van der Waals surface area (Å²) in [7, 11) is 0. The van der Waals surface area contributed by atoms with Crippen molar-refractivity contribution < 1.29 is 4.79 Å². The Bertz CT molecular complexity index is 879. The second-order valence-corrected chi connectivity index (χ2v) is 6.87. The first-order chi connectivity index (χ1) is 13.3. The molecule has 3 heterocycles. The van der Waals surface area contributed by atoms with E-state index in [0.717, 1.165) is 48.4 Å². The minimum Gasteiger partial charge on any atom is -0.350 e. The molecule has 0 aliphatic carbocycles. The SMILES string of the molecule is O=C(Cn1nccc1C1CCCNC1)NCc1cn[nH]c1-c1ccccc1. The van der Waals surface area contributed by atoms with Crippen molar-refractivity contribution in [2.24, 2.45) is 0 Å². The number of H-pyrrole nitrogens is 1. The number of aromatic nitrogens is 4. The fourth-order valence-corrected chi connectivity index (χ4v) is 3.61. The van der Waals surface area contributed by atoms with Gasteiger partial charge in [-0.2, -0.15) is 10.2 Å². The number of carbonyl (C=O) groups excluding carboxylic acids is 1. The fourth-order valence-electron chi connectivity index (χ4n) is 3.61. The summed E-state index contributed by atoms with van der Waals surface area (Å²) in [5.74, 6) is 0.372. The third-order valence-corrected chi connectivity index (χ3v) is 5.01. The Hall–Kier alpha value is -2.93. The standard InChI is InChI=1S/C20H24N6O/c27-19(14-26-18(8-10-24-26)16-7-4-9-21-11-16)22-12-17-13-23-25-20(17)15-5-2-1-3-6-15/h1-3,5-6,8,10,13,16,21H,4,7,9,11-12,14H2,(H,22,27)(H,23,25). The summed E-state index contributed by atoms with van der Waals surface area (Å²) in [5, 5.41) is 17.9.